The summed E-state index contributed by atoms with van der Waals surface area (Å²) in [5, 5.41) is 2.92. The molecule has 0 atom stereocenters. The maximum absolute atomic E-state index is 12.1. The number of halogens is 1. The van der Waals surface area contributed by atoms with Gasteiger partial charge in [0.05, 0.1) is 0 Å². The Kier molecular flexibility index (Phi) is 4.41. The largest absolute Gasteiger partial charge is 0.344 e. The van der Waals surface area contributed by atoms with Gasteiger partial charge in [-0.15, -0.1) is 0 Å². The van der Waals surface area contributed by atoms with Crippen LogP contribution in [0.4, 0.5) is 5.69 Å². The lowest BCUT2D eigenvalue weighted by molar-refractivity contribution is 0.101. The van der Waals surface area contributed by atoms with Crippen LogP contribution in [0.5, 0.6) is 0 Å². The topological polar surface area (TPSA) is 34.0 Å². The molecular weight excluding hydrogens is 339 g/mol. The van der Waals surface area contributed by atoms with Gasteiger partial charge in [0.1, 0.15) is 5.69 Å². The molecule has 0 saturated carbocycles. The Hall–Kier alpha value is -1.30. The average molecular weight is 354 g/mol. The van der Waals surface area contributed by atoms with Crippen LogP contribution >= 0.6 is 22.6 Å². The molecule has 3 nitrogen and oxygen atoms in total. The summed E-state index contributed by atoms with van der Waals surface area (Å²) in [6.45, 7) is 2.96. The predicted octanol–water partition coefficient (Wildman–Crippen LogP) is 3.76. The molecule has 0 spiro atoms. The van der Waals surface area contributed by atoms with Gasteiger partial charge < -0.3 is 9.88 Å². The number of nitrogens with one attached hydrogen (secondary N) is 1. The summed E-state index contributed by atoms with van der Waals surface area (Å²) in [6.07, 6.45) is 2.95. The summed E-state index contributed by atoms with van der Waals surface area (Å²) in [6, 6.07) is 11.5. The molecule has 94 valence electrons. The van der Waals surface area contributed by atoms with E-state index in [2.05, 4.69) is 34.8 Å². The van der Waals surface area contributed by atoms with Crippen molar-refractivity contribution in [2.24, 2.45) is 0 Å². The normalized spacial score (nSPS) is 10.3. The van der Waals surface area contributed by atoms with Crippen molar-refractivity contribution in [1.29, 1.82) is 0 Å². The maximum Gasteiger partial charge on any atom is 0.272 e. The van der Waals surface area contributed by atoms with Gasteiger partial charge in [0, 0.05) is 22.0 Å². The van der Waals surface area contributed by atoms with E-state index >= 15 is 0 Å². The Morgan fingerprint density at radius 3 is 2.89 bits per heavy atom. The van der Waals surface area contributed by atoms with E-state index < -0.39 is 0 Å². The molecule has 0 aliphatic rings. The average Bonchev–Trinajstić information content (AvgIpc) is 2.78. The summed E-state index contributed by atoms with van der Waals surface area (Å²) >= 11 is 2.23. The minimum atomic E-state index is -0.0598. The van der Waals surface area contributed by atoms with Crippen molar-refractivity contribution < 1.29 is 4.79 Å². The Labute approximate surface area is 120 Å². The quantitative estimate of drug-likeness (QED) is 0.834. The van der Waals surface area contributed by atoms with Crippen LogP contribution in [0.3, 0.4) is 0 Å². The van der Waals surface area contributed by atoms with E-state index in [1.807, 2.05) is 47.2 Å². The minimum absolute atomic E-state index is 0.0598. The van der Waals surface area contributed by atoms with Gasteiger partial charge in [0.15, 0.2) is 0 Å². The first kappa shape index (κ1) is 13.1. The van der Waals surface area contributed by atoms with Crippen LogP contribution in [0.2, 0.25) is 0 Å². The van der Waals surface area contributed by atoms with Crippen molar-refractivity contribution in [1.82, 2.24) is 4.57 Å². The standard InChI is InChI=1S/C14H15IN2O/c1-2-8-17-9-4-7-13(17)14(18)16-12-6-3-5-11(15)10-12/h3-7,9-10H,2,8H2,1H3,(H,16,18). The monoisotopic (exact) mass is 354 g/mol. The van der Waals surface area contributed by atoms with Gasteiger partial charge in [0.2, 0.25) is 0 Å². The highest BCUT2D eigenvalue weighted by Crippen LogP contribution is 2.14. The summed E-state index contributed by atoms with van der Waals surface area (Å²) < 4.78 is 3.08. The van der Waals surface area contributed by atoms with Gasteiger partial charge in [-0.25, -0.2) is 0 Å². The highest BCUT2D eigenvalue weighted by atomic mass is 127. The Morgan fingerprint density at radius 2 is 2.17 bits per heavy atom. The molecule has 1 N–H and O–H groups in total. The van der Waals surface area contributed by atoms with E-state index in [0.717, 1.165) is 22.2 Å². The third-order valence-electron chi connectivity index (χ3n) is 2.61. The highest BCUT2D eigenvalue weighted by Gasteiger charge is 2.10. The van der Waals surface area contributed by atoms with E-state index in [4.69, 9.17) is 0 Å². The number of benzene rings is 1. The highest BCUT2D eigenvalue weighted by molar-refractivity contribution is 14.1. The Morgan fingerprint density at radius 1 is 1.33 bits per heavy atom. The fourth-order valence-electron chi connectivity index (χ4n) is 1.82. The fraction of sp³-hybridized carbons (Fsp3) is 0.214. The first-order valence-corrected chi connectivity index (χ1v) is 7.00. The van der Waals surface area contributed by atoms with Crippen LogP contribution in [0, 0.1) is 3.57 Å². The predicted molar refractivity (Wildman–Crippen MR) is 81.8 cm³/mol. The third-order valence-corrected chi connectivity index (χ3v) is 3.28. The molecule has 4 heteroatoms. The first-order valence-electron chi connectivity index (χ1n) is 5.92. The Bertz CT molecular complexity index is 548. The molecule has 2 aromatic rings. The number of rotatable bonds is 4. The van der Waals surface area contributed by atoms with Gasteiger partial charge in [-0.3, -0.25) is 4.79 Å². The maximum atomic E-state index is 12.1. The minimum Gasteiger partial charge on any atom is -0.344 e. The zero-order chi connectivity index (χ0) is 13.0. The van der Waals surface area contributed by atoms with E-state index in [0.29, 0.717) is 5.69 Å². The smallest absolute Gasteiger partial charge is 0.272 e. The lowest BCUT2D eigenvalue weighted by atomic mass is 10.3. The summed E-state index contributed by atoms with van der Waals surface area (Å²) in [5.74, 6) is -0.0598. The number of amides is 1. The van der Waals surface area contributed by atoms with Crippen molar-refractivity contribution in [2.75, 3.05) is 5.32 Å². The second-order valence-corrected chi connectivity index (χ2v) is 5.30. The number of aryl methyl sites for hydroxylation is 1. The van der Waals surface area contributed by atoms with Crippen LogP contribution in [0.1, 0.15) is 23.8 Å². The number of hydrogen-bond donors (Lipinski definition) is 1. The van der Waals surface area contributed by atoms with Crippen LogP contribution in [0.25, 0.3) is 0 Å². The molecule has 1 amide bonds. The van der Waals surface area contributed by atoms with Crippen LogP contribution in [-0.2, 0) is 6.54 Å². The lowest BCUT2D eigenvalue weighted by Crippen LogP contribution is -2.16. The molecule has 0 aliphatic heterocycles. The van der Waals surface area contributed by atoms with E-state index in [9.17, 15) is 4.79 Å². The van der Waals surface area contributed by atoms with Crippen LogP contribution in [0.15, 0.2) is 42.6 Å². The summed E-state index contributed by atoms with van der Waals surface area (Å²) in [5.41, 5.74) is 1.53. The summed E-state index contributed by atoms with van der Waals surface area (Å²) in [4.78, 5) is 12.1. The molecule has 0 aliphatic carbocycles. The zero-order valence-corrected chi connectivity index (χ0v) is 12.3. The summed E-state index contributed by atoms with van der Waals surface area (Å²) in [7, 11) is 0. The third kappa shape index (κ3) is 3.13. The van der Waals surface area contributed by atoms with E-state index in [-0.39, 0.29) is 5.91 Å². The molecule has 1 aromatic carbocycles. The van der Waals surface area contributed by atoms with Gasteiger partial charge in [-0.2, -0.15) is 0 Å². The van der Waals surface area contributed by atoms with Crippen molar-refractivity contribution in [3.05, 3.63) is 51.9 Å². The molecule has 1 aromatic heterocycles. The fourth-order valence-corrected chi connectivity index (χ4v) is 2.36. The molecule has 0 saturated heterocycles. The number of anilines is 1. The molecule has 0 bridgehead atoms. The van der Waals surface area contributed by atoms with E-state index in [1.54, 1.807) is 0 Å². The second-order valence-electron chi connectivity index (χ2n) is 4.05. The number of aromatic nitrogens is 1. The molecule has 1 heterocycles. The van der Waals surface area contributed by atoms with Gasteiger partial charge >= 0.3 is 0 Å². The van der Waals surface area contributed by atoms with Crippen molar-refractivity contribution in [3.63, 3.8) is 0 Å². The number of nitrogens with zero attached hydrogens (tertiary/aromatic N) is 1. The number of carbonyl (C=O) groups excluding carboxylic acids is 1. The van der Waals surface area contributed by atoms with Gasteiger partial charge in [-0.1, -0.05) is 13.0 Å². The molecule has 0 fully saturated rings. The number of hydrogen-bond acceptors (Lipinski definition) is 1. The first-order chi connectivity index (χ1) is 8.70. The lowest BCUT2D eigenvalue weighted by Gasteiger charge is -2.09. The molecule has 0 radical (unpaired) electrons. The molecular formula is C14H15IN2O. The van der Waals surface area contributed by atoms with Crippen LogP contribution in [-0.4, -0.2) is 10.5 Å². The van der Waals surface area contributed by atoms with Crippen LogP contribution < -0.4 is 5.32 Å². The van der Waals surface area contributed by atoms with Gasteiger partial charge in [0.25, 0.3) is 5.91 Å². The SMILES string of the molecule is CCCn1cccc1C(=O)Nc1cccc(I)c1. The second kappa shape index (κ2) is 6.04. The van der Waals surface area contributed by atoms with Crippen molar-refractivity contribution in [3.8, 4) is 0 Å². The zero-order valence-electron chi connectivity index (χ0n) is 10.2. The molecule has 2 rings (SSSR count). The number of carbonyl (C=O) groups is 1. The van der Waals surface area contributed by atoms with Crippen molar-refractivity contribution in [2.45, 2.75) is 19.9 Å². The van der Waals surface area contributed by atoms with E-state index in [1.165, 1.54) is 0 Å². The molecule has 0 unspecified atom stereocenters. The van der Waals surface area contributed by atoms with Crippen molar-refractivity contribution >= 4 is 34.2 Å². The van der Waals surface area contributed by atoms with Gasteiger partial charge in [-0.05, 0) is 59.3 Å². The Balaban J connectivity index is 2.14. The molecule has 18 heavy (non-hydrogen) atoms.